The molecule has 108 valence electrons. The minimum absolute atomic E-state index is 0.0184. The number of carbonyl (C=O) groups excluding carboxylic acids is 2. The quantitative estimate of drug-likeness (QED) is 0.530. The summed E-state index contributed by atoms with van der Waals surface area (Å²) in [4.78, 5) is 27.3. The van der Waals surface area contributed by atoms with E-state index in [2.05, 4.69) is 6.92 Å². The molecule has 1 fully saturated rings. The molecule has 0 unspecified atom stereocenters. The van der Waals surface area contributed by atoms with Gasteiger partial charge in [-0.3, -0.25) is 9.59 Å². The molecule has 1 aliphatic rings. The van der Waals surface area contributed by atoms with Crippen LogP contribution in [-0.2, 0) is 18.9 Å². The van der Waals surface area contributed by atoms with Crippen molar-refractivity contribution < 1.29 is 18.9 Å². The molecule has 7 heteroatoms. The predicted molar refractivity (Wildman–Crippen MR) is 72.6 cm³/mol. The number of amides is 2. The Morgan fingerprint density at radius 1 is 1.16 bits per heavy atom. The highest BCUT2D eigenvalue weighted by atomic mass is 16.7. The molecular formula is C12H23BN2O4. The number of carbonyl (C=O) groups is 2. The van der Waals surface area contributed by atoms with Crippen LogP contribution in [0.15, 0.2) is 0 Å². The number of likely N-dealkylation sites (N-methyl/N-ethyl adjacent to an activating group) is 2. The van der Waals surface area contributed by atoms with E-state index in [4.69, 9.17) is 9.31 Å². The number of nitrogens with zero attached hydrogens (tertiary/aromatic N) is 2. The Morgan fingerprint density at radius 3 is 2.11 bits per heavy atom. The smallest absolute Gasteiger partial charge is 0.407 e. The average molecular weight is 270 g/mol. The van der Waals surface area contributed by atoms with Crippen molar-refractivity contribution in [2.24, 2.45) is 0 Å². The molecule has 0 aromatic carbocycles. The van der Waals surface area contributed by atoms with Gasteiger partial charge in [-0.1, -0.05) is 19.8 Å². The van der Waals surface area contributed by atoms with Crippen molar-refractivity contribution >= 4 is 18.9 Å². The Bertz CT molecular complexity index is 327. The van der Waals surface area contributed by atoms with Crippen molar-refractivity contribution in [2.45, 2.75) is 31.7 Å². The van der Waals surface area contributed by atoms with Crippen LogP contribution in [0.2, 0.25) is 6.32 Å². The van der Waals surface area contributed by atoms with Gasteiger partial charge in [-0.05, 0) is 6.32 Å². The van der Waals surface area contributed by atoms with Gasteiger partial charge in [-0.2, -0.15) is 0 Å². The maximum Gasteiger partial charge on any atom is 0.458 e. The third-order valence-corrected chi connectivity index (χ3v) is 3.10. The summed E-state index contributed by atoms with van der Waals surface area (Å²) in [7, 11) is 5.95. The first-order valence-electron chi connectivity index (χ1n) is 6.58. The standard InChI is InChI=1S/C12H23BN2O4/c1-6-7-8-13-18-9-12(19-13,10(16)14(2)3)11(17)15(4)5/h6-9H2,1-5H3. The molecule has 0 aliphatic carbocycles. The van der Waals surface area contributed by atoms with Gasteiger partial charge in [0.25, 0.3) is 11.8 Å². The summed E-state index contributed by atoms with van der Waals surface area (Å²) in [5, 5.41) is 0. The third-order valence-electron chi connectivity index (χ3n) is 3.10. The molecule has 0 aromatic rings. The first-order chi connectivity index (χ1) is 8.85. The highest BCUT2D eigenvalue weighted by Crippen LogP contribution is 2.27. The molecule has 1 aliphatic heterocycles. The van der Waals surface area contributed by atoms with Gasteiger partial charge in [-0.15, -0.1) is 0 Å². The first-order valence-corrected chi connectivity index (χ1v) is 6.58. The Morgan fingerprint density at radius 2 is 1.68 bits per heavy atom. The Balaban J connectivity index is 2.91. The Kier molecular flexibility index (Phi) is 5.37. The molecular weight excluding hydrogens is 247 g/mol. The van der Waals surface area contributed by atoms with Crippen LogP contribution in [0.4, 0.5) is 0 Å². The van der Waals surface area contributed by atoms with Crippen molar-refractivity contribution in [3.63, 3.8) is 0 Å². The van der Waals surface area contributed by atoms with E-state index in [0.29, 0.717) is 6.32 Å². The topological polar surface area (TPSA) is 59.1 Å². The molecule has 1 rings (SSSR count). The van der Waals surface area contributed by atoms with Gasteiger partial charge in [0.2, 0.25) is 5.60 Å². The number of hydrogen-bond donors (Lipinski definition) is 0. The van der Waals surface area contributed by atoms with E-state index in [0.717, 1.165) is 12.8 Å². The molecule has 1 saturated heterocycles. The zero-order chi connectivity index (χ0) is 14.6. The van der Waals surface area contributed by atoms with E-state index >= 15 is 0 Å². The lowest BCUT2D eigenvalue weighted by atomic mass is 9.82. The van der Waals surface area contributed by atoms with Crippen LogP contribution in [0, 0.1) is 0 Å². The molecule has 0 saturated carbocycles. The van der Waals surface area contributed by atoms with E-state index in [1.54, 1.807) is 28.2 Å². The summed E-state index contributed by atoms with van der Waals surface area (Å²) >= 11 is 0. The van der Waals surface area contributed by atoms with Crippen molar-refractivity contribution in [3.8, 4) is 0 Å². The molecule has 0 aromatic heterocycles. The van der Waals surface area contributed by atoms with Gasteiger partial charge >= 0.3 is 7.12 Å². The van der Waals surface area contributed by atoms with Gasteiger partial charge in [-0.25, -0.2) is 0 Å². The van der Waals surface area contributed by atoms with Crippen molar-refractivity contribution in [2.75, 3.05) is 34.8 Å². The van der Waals surface area contributed by atoms with Crippen molar-refractivity contribution in [3.05, 3.63) is 0 Å². The van der Waals surface area contributed by atoms with Crippen molar-refractivity contribution in [1.29, 1.82) is 0 Å². The molecule has 0 N–H and O–H groups in total. The van der Waals surface area contributed by atoms with Crippen LogP contribution in [0.25, 0.3) is 0 Å². The monoisotopic (exact) mass is 270 g/mol. The van der Waals surface area contributed by atoms with Gasteiger partial charge in [0.05, 0.1) is 6.61 Å². The summed E-state index contributed by atoms with van der Waals surface area (Å²) in [6.45, 7) is 2.05. The summed E-state index contributed by atoms with van der Waals surface area (Å²) in [5.41, 5.74) is -1.52. The zero-order valence-corrected chi connectivity index (χ0v) is 12.4. The van der Waals surface area contributed by atoms with Gasteiger partial charge in [0.1, 0.15) is 0 Å². The molecule has 2 amide bonds. The van der Waals surface area contributed by atoms with Crippen LogP contribution in [0.1, 0.15) is 19.8 Å². The zero-order valence-electron chi connectivity index (χ0n) is 12.4. The van der Waals surface area contributed by atoms with Gasteiger partial charge < -0.3 is 19.1 Å². The fourth-order valence-corrected chi connectivity index (χ4v) is 2.05. The number of hydrogen-bond acceptors (Lipinski definition) is 4. The third kappa shape index (κ3) is 3.28. The second-order valence-electron chi connectivity index (χ2n) is 5.23. The van der Waals surface area contributed by atoms with E-state index in [9.17, 15) is 9.59 Å². The minimum Gasteiger partial charge on any atom is -0.407 e. The van der Waals surface area contributed by atoms with E-state index in [1.807, 2.05) is 0 Å². The summed E-state index contributed by atoms with van der Waals surface area (Å²) in [6.07, 6.45) is 2.65. The lowest BCUT2D eigenvalue weighted by molar-refractivity contribution is -0.159. The van der Waals surface area contributed by atoms with Crippen LogP contribution in [0.5, 0.6) is 0 Å². The minimum atomic E-state index is -1.52. The van der Waals surface area contributed by atoms with E-state index in [1.165, 1.54) is 9.80 Å². The van der Waals surface area contributed by atoms with Crippen LogP contribution < -0.4 is 0 Å². The summed E-state index contributed by atoms with van der Waals surface area (Å²) in [6, 6.07) is 0. The molecule has 6 nitrogen and oxygen atoms in total. The van der Waals surface area contributed by atoms with Crippen LogP contribution >= 0.6 is 0 Å². The first kappa shape index (κ1) is 16.0. The lowest BCUT2D eigenvalue weighted by Gasteiger charge is -2.30. The number of rotatable bonds is 5. The average Bonchev–Trinajstić information content (AvgIpc) is 2.79. The second kappa shape index (κ2) is 6.39. The number of unbranched alkanes of at least 4 members (excludes halogenated alkanes) is 1. The van der Waals surface area contributed by atoms with Crippen molar-refractivity contribution in [1.82, 2.24) is 9.80 Å². The normalized spacial score (nSPS) is 17.4. The lowest BCUT2D eigenvalue weighted by Crippen LogP contribution is -2.58. The SMILES string of the molecule is CCCCB1OCC(C(=O)N(C)C)(C(=O)N(C)C)O1. The molecule has 0 radical (unpaired) electrons. The second-order valence-corrected chi connectivity index (χ2v) is 5.23. The highest BCUT2D eigenvalue weighted by molar-refractivity contribution is 6.46. The summed E-state index contributed by atoms with van der Waals surface area (Å²) < 4.78 is 11.2. The largest absolute Gasteiger partial charge is 0.458 e. The fourth-order valence-electron chi connectivity index (χ4n) is 2.05. The van der Waals surface area contributed by atoms with Gasteiger partial charge in [0.15, 0.2) is 0 Å². The van der Waals surface area contributed by atoms with Gasteiger partial charge in [0, 0.05) is 28.2 Å². The molecule has 19 heavy (non-hydrogen) atoms. The molecule has 1 heterocycles. The van der Waals surface area contributed by atoms with E-state index in [-0.39, 0.29) is 18.4 Å². The molecule has 0 atom stereocenters. The Labute approximate surface area is 115 Å². The van der Waals surface area contributed by atoms with Crippen LogP contribution in [0.3, 0.4) is 0 Å². The maximum atomic E-state index is 12.3. The van der Waals surface area contributed by atoms with E-state index < -0.39 is 12.7 Å². The molecule has 0 bridgehead atoms. The van der Waals surface area contributed by atoms with Crippen LogP contribution in [-0.4, -0.2) is 69.1 Å². The Hall–Kier alpha value is -1.08. The highest BCUT2D eigenvalue weighted by Gasteiger charge is 2.56. The fraction of sp³-hybridized carbons (Fsp3) is 0.833. The maximum absolute atomic E-state index is 12.3. The summed E-state index contributed by atoms with van der Waals surface area (Å²) in [5.74, 6) is -0.740. The predicted octanol–water partition coefficient (Wildman–Crippen LogP) is 0.237. The molecule has 0 spiro atoms.